The Hall–Kier alpha value is -2.54. The molecule has 23 heavy (non-hydrogen) atoms. The van der Waals surface area contributed by atoms with E-state index in [1.807, 2.05) is 0 Å². The number of benzene rings is 3. The minimum absolute atomic E-state index is 0.589. The van der Waals surface area contributed by atoms with E-state index in [1.54, 1.807) is 0 Å². The largest absolute Gasteiger partial charge is 0.398 e. The number of nitrogen functional groups attached to an aromatic ring is 1. The smallest absolute Gasteiger partial charge is 0.0391 e. The van der Waals surface area contributed by atoms with Crippen LogP contribution in [0.15, 0.2) is 66.7 Å². The second kappa shape index (κ2) is 4.73. The summed E-state index contributed by atoms with van der Waals surface area (Å²) >= 11 is 0. The highest BCUT2D eigenvalue weighted by atomic mass is 14.6. The Morgan fingerprint density at radius 3 is 2.39 bits per heavy atom. The Morgan fingerprint density at radius 2 is 1.52 bits per heavy atom. The molecule has 0 aromatic heterocycles. The van der Waals surface area contributed by atoms with E-state index in [9.17, 15) is 0 Å². The predicted molar refractivity (Wildman–Crippen MR) is 95.6 cm³/mol. The molecule has 5 rings (SSSR count). The summed E-state index contributed by atoms with van der Waals surface area (Å²) in [5, 5.41) is 0. The number of anilines is 1. The van der Waals surface area contributed by atoms with Crippen LogP contribution < -0.4 is 5.73 Å². The van der Waals surface area contributed by atoms with Gasteiger partial charge in [0, 0.05) is 12.1 Å². The number of fused-ring (bicyclic) bond motifs is 3. The van der Waals surface area contributed by atoms with Crippen molar-refractivity contribution < 1.29 is 0 Å². The lowest BCUT2D eigenvalue weighted by Crippen LogP contribution is -1.99. The maximum atomic E-state index is 6.60. The topological polar surface area (TPSA) is 26.0 Å². The second-order valence-corrected chi connectivity index (χ2v) is 6.79. The Kier molecular flexibility index (Phi) is 2.66. The Labute approximate surface area is 136 Å². The maximum absolute atomic E-state index is 6.60. The number of rotatable bonds is 2. The van der Waals surface area contributed by atoms with Gasteiger partial charge in [0.1, 0.15) is 0 Å². The number of hydrogen-bond acceptors (Lipinski definition) is 1. The molecule has 0 saturated heterocycles. The van der Waals surface area contributed by atoms with Gasteiger partial charge in [0.05, 0.1) is 0 Å². The average molecular weight is 297 g/mol. The molecule has 2 aliphatic carbocycles. The van der Waals surface area contributed by atoms with Gasteiger partial charge in [0.15, 0.2) is 0 Å². The maximum Gasteiger partial charge on any atom is 0.0391 e. The Bertz CT molecular complexity index is 895. The zero-order valence-electron chi connectivity index (χ0n) is 13.0. The molecule has 3 aromatic rings. The summed E-state index contributed by atoms with van der Waals surface area (Å²) in [6, 6.07) is 24.1. The highest BCUT2D eigenvalue weighted by Gasteiger charge is 2.41. The predicted octanol–water partition coefficient (Wildman–Crippen LogP) is 5.11. The second-order valence-electron chi connectivity index (χ2n) is 6.79. The van der Waals surface area contributed by atoms with Gasteiger partial charge in [-0.1, -0.05) is 66.7 Å². The molecule has 0 bridgehead atoms. The molecule has 0 spiro atoms. The van der Waals surface area contributed by atoms with Gasteiger partial charge in [0.25, 0.3) is 0 Å². The van der Waals surface area contributed by atoms with Gasteiger partial charge in [-0.2, -0.15) is 0 Å². The lowest BCUT2D eigenvalue weighted by molar-refractivity contribution is 1.03. The van der Waals surface area contributed by atoms with E-state index in [4.69, 9.17) is 5.73 Å². The van der Waals surface area contributed by atoms with Crippen LogP contribution in [0.1, 0.15) is 40.5 Å². The van der Waals surface area contributed by atoms with Gasteiger partial charge in [-0.15, -0.1) is 0 Å². The van der Waals surface area contributed by atoms with Crippen LogP contribution >= 0.6 is 0 Å². The van der Waals surface area contributed by atoms with Gasteiger partial charge < -0.3 is 5.73 Å². The van der Waals surface area contributed by atoms with Crippen LogP contribution in [0.2, 0.25) is 0 Å². The summed E-state index contributed by atoms with van der Waals surface area (Å²) < 4.78 is 0. The van der Waals surface area contributed by atoms with Crippen molar-refractivity contribution in [3.63, 3.8) is 0 Å². The summed E-state index contributed by atoms with van der Waals surface area (Å²) in [4.78, 5) is 0. The van der Waals surface area contributed by atoms with Gasteiger partial charge in [-0.3, -0.25) is 0 Å². The first-order valence-corrected chi connectivity index (χ1v) is 8.37. The summed E-state index contributed by atoms with van der Waals surface area (Å²) in [6.45, 7) is 0. The summed E-state index contributed by atoms with van der Waals surface area (Å²) in [5.41, 5.74) is 15.9. The standard InChI is InChI=1S/C22H19N/c23-22-18(20-13-19(20)14-6-2-1-3-7-14)11-10-17-16-9-5-4-8-15(16)12-21(17)22/h1-11,19-20H,12-13,23H2/t19-,20+/m1/s1. The van der Waals surface area contributed by atoms with Gasteiger partial charge >= 0.3 is 0 Å². The molecule has 112 valence electrons. The molecule has 3 aromatic carbocycles. The van der Waals surface area contributed by atoms with Crippen LogP contribution in [0.5, 0.6) is 0 Å². The van der Waals surface area contributed by atoms with Crippen molar-refractivity contribution in [2.75, 3.05) is 5.73 Å². The van der Waals surface area contributed by atoms with Crippen LogP contribution in [-0.2, 0) is 6.42 Å². The molecule has 2 atom stereocenters. The van der Waals surface area contributed by atoms with Crippen LogP contribution in [0.3, 0.4) is 0 Å². The van der Waals surface area contributed by atoms with E-state index >= 15 is 0 Å². The van der Waals surface area contributed by atoms with Crippen LogP contribution in [0.4, 0.5) is 5.69 Å². The first kappa shape index (κ1) is 13.0. The van der Waals surface area contributed by atoms with E-state index in [-0.39, 0.29) is 0 Å². The van der Waals surface area contributed by atoms with Crippen LogP contribution in [0, 0.1) is 0 Å². The minimum atomic E-state index is 0.589. The molecule has 1 nitrogen and oxygen atoms in total. The third-order valence-corrected chi connectivity index (χ3v) is 5.48. The van der Waals surface area contributed by atoms with E-state index in [1.165, 1.54) is 39.8 Å². The highest BCUT2D eigenvalue weighted by Crippen LogP contribution is 2.57. The zero-order valence-corrected chi connectivity index (χ0v) is 13.0. The van der Waals surface area contributed by atoms with E-state index in [2.05, 4.69) is 66.7 Å². The van der Waals surface area contributed by atoms with Crippen LogP contribution in [-0.4, -0.2) is 0 Å². The van der Waals surface area contributed by atoms with Crippen molar-refractivity contribution in [3.8, 4) is 11.1 Å². The molecular formula is C22H19N. The molecule has 0 radical (unpaired) electrons. The van der Waals surface area contributed by atoms with Gasteiger partial charge in [-0.05, 0) is 51.6 Å². The Balaban J connectivity index is 1.52. The molecule has 2 aliphatic rings. The number of nitrogens with two attached hydrogens (primary N) is 1. The molecular weight excluding hydrogens is 278 g/mol. The molecule has 0 aliphatic heterocycles. The number of hydrogen-bond donors (Lipinski definition) is 1. The fourth-order valence-electron chi connectivity index (χ4n) is 4.18. The monoisotopic (exact) mass is 297 g/mol. The first-order chi connectivity index (χ1) is 11.3. The quantitative estimate of drug-likeness (QED) is 0.511. The summed E-state index contributed by atoms with van der Waals surface area (Å²) in [5.74, 6) is 1.23. The zero-order chi connectivity index (χ0) is 15.4. The van der Waals surface area contributed by atoms with Crippen molar-refractivity contribution >= 4 is 5.69 Å². The third-order valence-electron chi connectivity index (χ3n) is 5.48. The van der Waals surface area contributed by atoms with E-state index < -0.39 is 0 Å². The van der Waals surface area contributed by atoms with Crippen molar-refractivity contribution in [1.82, 2.24) is 0 Å². The molecule has 1 saturated carbocycles. The summed E-state index contributed by atoms with van der Waals surface area (Å²) in [6.07, 6.45) is 2.20. The third kappa shape index (κ3) is 1.93. The Morgan fingerprint density at radius 1 is 0.739 bits per heavy atom. The first-order valence-electron chi connectivity index (χ1n) is 8.37. The lowest BCUT2D eigenvalue weighted by Gasteiger charge is -2.11. The fraction of sp³-hybridized carbons (Fsp3) is 0.182. The van der Waals surface area contributed by atoms with E-state index in [0.717, 1.165) is 12.1 Å². The van der Waals surface area contributed by atoms with Crippen molar-refractivity contribution in [3.05, 3.63) is 89.0 Å². The summed E-state index contributed by atoms with van der Waals surface area (Å²) in [7, 11) is 0. The molecule has 1 fully saturated rings. The molecule has 0 unspecified atom stereocenters. The van der Waals surface area contributed by atoms with Crippen molar-refractivity contribution in [1.29, 1.82) is 0 Å². The molecule has 0 amide bonds. The SMILES string of the molecule is Nc1c([C@@H]2C[C@@H]2c2ccccc2)ccc2c1Cc1ccccc1-2. The average Bonchev–Trinajstić information content (AvgIpc) is 3.30. The highest BCUT2D eigenvalue weighted by molar-refractivity contribution is 5.83. The minimum Gasteiger partial charge on any atom is -0.398 e. The fourth-order valence-corrected chi connectivity index (χ4v) is 4.18. The van der Waals surface area contributed by atoms with Crippen LogP contribution in [0.25, 0.3) is 11.1 Å². The molecule has 1 heteroatoms. The van der Waals surface area contributed by atoms with Gasteiger partial charge in [0.2, 0.25) is 0 Å². The van der Waals surface area contributed by atoms with Gasteiger partial charge in [-0.25, -0.2) is 0 Å². The molecule has 0 heterocycles. The van der Waals surface area contributed by atoms with E-state index in [0.29, 0.717) is 11.8 Å². The van der Waals surface area contributed by atoms with Crippen molar-refractivity contribution in [2.24, 2.45) is 0 Å². The lowest BCUT2D eigenvalue weighted by atomic mass is 9.96. The molecule has 2 N–H and O–H groups in total. The van der Waals surface area contributed by atoms with Crippen molar-refractivity contribution in [2.45, 2.75) is 24.7 Å². The normalized spacial score (nSPS) is 20.9.